The van der Waals surface area contributed by atoms with Gasteiger partial charge in [0.15, 0.2) is 0 Å². The van der Waals surface area contributed by atoms with Crippen LogP contribution in [-0.4, -0.2) is 41.9 Å². The van der Waals surface area contributed by atoms with Crippen molar-refractivity contribution >= 4 is 5.91 Å². The third-order valence-corrected chi connectivity index (χ3v) is 5.00. The molecular formula is C19H27N3O. The summed E-state index contributed by atoms with van der Waals surface area (Å²) in [5.41, 5.74) is 1.89. The first kappa shape index (κ1) is 17.5. The molecule has 1 aliphatic rings. The van der Waals surface area contributed by atoms with Gasteiger partial charge in [-0.05, 0) is 64.4 Å². The summed E-state index contributed by atoms with van der Waals surface area (Å²) in [7, 11) is 0. The standard InChI is InChI=1S/C19H27N3O/c1-4-21(5-2)19(23)17-9-11-22(12-10-17)15(3)18-8-6-7-16(13-18)14-20/h6-8,13,15,17H,4-5,9-12H2,1-3H3. The topological polar surface area (TPSA) is 47.3 Å². The van der Waals surface area contributed by atoms with Gasteiger partial charge in [0.1, 0.15) is 0 Å². The molecule has 1 heterocycles. The molecule has 0 aliphatic carbocycles. The Hall–Kier alpha value is -1.86. The molecule has 23 heavy (non-hydrogen) atoms. The molecule has 0 saturated carbocycles. The van der Waals surface area contributed by atoms with Gasteiger partial charge in [-0.1, -0.05) is 12.1 Å². The number of hydrogen-bond donors (Lipinski definition) is 0. The molecule has 124 valence electrons. The normalized spacial score (nSPS) is 17.5. The molecule has 1 aromatic carbocycles. The van der Waals surface area contributed by atoms with Gasteiger partial charge in [0.2, 0.25) is 5.91 Å². The number of nitriles is 1. The molecule has 4 nitrogen and oxygen atoms in total. The Balaban J connectivity index is 1.96. The second kappa shape index (κ2) is 8.12. The van der Waals surface area contributed by atoms with Crippen LogP contribution >= 0.6 is 0 Å². The summed E-state index contributed by atoms with van der Waals surface area (Å²) in [6.45, 7) is 9.75. The van der Waals surface area contributed by atoms with Crippen LogP contribution in [0.2, 0.25) is 0 Å². The van der Waals surface area contributed by atoms with E-state index in [1.54, 1.807) is 0 Å². The molecule has 0 spiro atoms. The summed E-state index contributed by atoms with van der Waals surface area (Å²) >= 11 is 0. The number of carbonyl (C=O) groups excluding carboxylic acids is 1. The monoisotopic (exact) mass is 313 g/mol. The van der Waals surface area contributed by atoms with Crippen molar-refractivity contribution < 1.29 is 4.79 Å². The maximum absolute atomic E-state index is 12.5. The van der Waals surface area contributed by atoms with E-state index in [9.17, 15) is 4.79 Å². The van der Waals surface area contributed by atoms with Crippen molar-refractivity contribution in [1.29, 1.82) is 5.26 Å². The fourth-order valence-corrected chi connectivity index (χ4v) is 3.41. The van der Waals surface area contributed by atoms with Crippen LogP contribution in [0.25, 0.3) is 0 Å². The predicted molar refractivity (Wildman–Crippen MR) is 91.8 cm³/mol. The van der Waals surface area contributed by atoms with E-state index in [1.165, 1.54) is 5.56 Å². The summed E-state index contributed by atoms with van der Waals surface area (Å²) < 4.78 is 0. The van der Waals surface area contributed by atoms with E-state index in [4.69, 9.17) is 5.26 Å². The lowest BCUT2D eigenvalue weighted by Crippen LogP contribution is -2.43. The number of rotatable bonds is 5. The number of likely N-dealkylation sites (tertiary alicyclic amines) is 1. The van der Waals surface area contributed by atoms with Crippen molar-refractivity contribution in [3.8, 4) is 6.07 Å². The first-order valence-electron chi connectivity index (χ1n) is 8.63. The lowest BCUT2D eigenvalue weighted by atomic mass is 9.93. The fraction of sp³-hybridized carbons (Fsp3) is 0.579. The Morgan fingerprint density at radius 1 is 1.35 bits per heavy atom. The highest BCUT2D eigenvalue weighted by molar-refractivity contribution is 5.78. The molecule has 0 bridgehead atoms. The van der Waals surface area contributed by atoms with E-state index in [-0.39, 0.29) is 12.0 Å². The smallest absolute Gasteiger partial charge is 0.225 e. The fourth-order valence-electron chi connectivity index (χ4n) is 3.41. The van der Waals surface area contributed by atoms with Crippen molar-refractivity contribution in [2.45, 2.75) is 39.7 Å². The lowest BCUT2D eigenvalue weighted by molar-refractivity contribution is -0.136. The van der Waals surface area contributed by atoms with Crippen molar-refractivity contribution in [1.82, 2.24) is 9.80 Å². The quantitative estimate of drug-likeness (QED) is 0.838. The van der Waals surface area contributed by atoms with E-state index >= 15 is 0 Å². The Morgan fingerprint density at radius 3 is 2.57 bits per heavy atom. The Labute approximate surface area is 139 Å². The van der Waals surface area contributed by atoms with Crippen LogP contribution in [0, 0.1) is 17.2 Å². The number of amides is 1. The van der Waals surface area contributed by atoms with Gasteiger partial charge in [-0.15, -0.1) is 0 Å². The molecule has 1 aromatic rings. The number of nitrogens with zero attached hydrogens (tertiary/aromatic N) is 3. The molecule has 0 radical (unpaired) electrons. The van der Waals surface area contributed by atoms with Crippen LogP contribution in [0.4, 0.5) is 0 Å². The summed E-state index contributed by atoms with van der Waals surface area (Å²) in [5, 5.41) is 9.04. The molecule has 2 rings (SSSR count). The SMILES string of the molecule is CCN(CC)C(=O)C1CCN(C(C)c2cccc(C#N)c2)CC1. The molecule has 0 aromatic heterocycles. The Bertz CT molecular complexity index is 566. The Morgan fingerprint density at radius 2 is 2.00 bits per heavy atom. The zero-order valence-corrected chi connectivity index (χ0v) is 14.5. The lowest BCUT2D eigenvalue weighted by Gasteiger charge is -2.37. The zero-order valence-electron chi connectivity index (χ0n) is 14.5. The predicted octanol–water partition coefficient (Wildman–Crippen LogP) is 3.20. The second-order valence-corrected chi connectivity index (χ2v) is 6.23. The van der Waals surface area contributed by atoms with Gasteiger partial charge in [0, 0.05) is 25.0 Å². The van der Waals surface area contributed by atoms with Crippen LogP contribution in [0.3, 0.4) is 0 Å². The maximum Gasteiger partial charge on any atom is 0.225 e. The molecule has 1 unspecified atom stereocenters. The maximum atomic E-state index is 12.5. The minimum absolute atomic E-state index is 0.170. The summed E-state index contributed by atoms with van der Waals surface area (Å²) in [6, 6.07) is 10.3. The van der Waals surface area contributed by atoms with Gasteiger partial charge >= 0.3 is 0 Å². The van der Waals surface area contributed by atoms with Crippen molar-refractivity contribution in [3.63, 3.8) is 0 Å². The highest BCUT2D eigenvalue weighted by Crippen LogP contribution is 2.27. The van der Waals surface area contributed by atoms with Gasteiger partial charge in [-0.25, -0.2) is 0 Å². The molecule has 4 heteroatoms. The molecule has 1 amide bonds. The van der Waals surface area contributed by atoms with E-state index in [2.05, 4.69) is 24.0 Å². The number of piperidine rings is 1. The highest BCUT2D eigenvalue weighted by atomic mass is 16.2. The molecular weight excluding hydrogens is 286 g/mol. The molecule has 0 N–H and O–H groups in total. The largest absolute Gasteiger partial charge is 0.343 e. The van der Waals surface area contributed by atoms with Crippen LogP contribution < -0.4 is 0 Å². The van der Waals surface area contributed by atoms with Gasteiger partial charge in [0.25, 0.3) is 0 Å². The van der Waals surface area contributed by atoms with E-state index in [0.29, 0.717) is 11.5 Å². The van der Waals surface area contributed by atoms with Gasteiger partial charge in [-0.3, -0.25) is 9.69 Å². The van der Waals surface area contributed by atoms with Crippen molar-refractivity contribution in [3.05, 3.63) is 35.4 Å². The van der Waals surface area contributed by atoms with Crippen LogP contribution in [-0.2, 0) is 4.79 Å². The molecule has 1 aliphatic heterocycles. The van der Waals surface area contributed by atoms with E-state index in [1.807, 2.05) is 36.9 Å². The third kappa shape index (κ3) is 4.11. The number of benzene rings is 1. The molecule has 1 saturated heterocycles. The molecule has 1 atom stereocenters. The van der Waals surface area contributed by atoms with Gasteiger partial charge < -0.3 is 4.90 Å². The first-order valence-corrected chi connectivity index (χ1v) is 8.63. The van der Waals surface area contributed by atoms with Crippen LogP contribution in [0.15, 0.2) is 24.3 Å². The summed E-state index contributed by atoms with van der Waals surface area (Å²) in [4.78, 5) is 16.8. The second-order valence-electron chi connectivity index (χ2n) is 6.23. The zero-order chi connectivity index (χ0) is 16.8. The van der Waals surface area contributed by atoms with E-state index < -0.39 is 0 Å². The average Bonchev–Trinajstić information content (AvgIpc) is 2.62. The first-order chi connectivity index (χ1) is 11.1. The number of carbonyl (C=O) groups is 1. The average molecular weight is 313 g/mol. The summed E-state index contributed by atoms with van der Waals surface area (Å²) in [5.74, 6) is 0.484. The third-order valence-electron chi connectivity index (χ3n) is 5.00. The van der Waals surface area contributed by atoms with Crippen molar-refractivity contribution in [2.75, 3.05) is 26.2 Å². The number of hydrogen-bond acceptors (Lipinski definition) is 3. The van der Waals surface area contributed by atoms with Gasteiger partial charge in [-0.2, -0.15) is 5.26 Å². The summed E-state index contributed by atoms with van der Waals surface area (Å²) in [6.07, 6.45) is 1.86. The van der Waals surface area contributed by atoms with Crippen molar-refractivity contribution in [2.24, 2.45) is 5.92 Å². The minimum Gasteiger partial charge on any atom is -0.343 e. The minimum atomic E-state index is 0.170. The molecule has 1 fully saturated rings. The van der Waals surface area contributed by atoms with Gasteiger partial charge in [0.05, 0.1) is 11.6 Å². The highest BCUT2D eigenvalue weighted by Gasteiger charge is 2.29. The van der Waals surface area contributed by atoms with Crippen LogP contribution in [0.5, 0.6) is 0 Å². The van der Waals surface area contributed by atoms with E-state index in [0.717, 1.165) is 39.0 Å². The van der Waals surface area contributed by atoms with Crippen LogP contribution in [0.1, 0.15) is 50.8 Å². The Kier molecular flexibility index (Phi) is 6.18.